The van der Waals surface area contributed by atoms with Gasteiger partial charge in [0.1, 0.15) is 5.82 Å². The molecule has 2 atom stereocenters. The number of carboxylic acids is 1. The fourth-order valence-corrected chi connectivity index (χ4v) is 4.66. The summed E-state index contributed by atoms with van der Waals surface area (Å²) >= 11 is 0. The Morgan fingerprint density at radius 3 is 2.36 bits per heavy atom. The van der Waals surface area contributed by atoms with Gasteiger partial charge in [0.15, 0.2) is 0 Å². The number of nitrogens with zero attached hydrogens (tertiary/aromatic N) is 1. The molecule has 4 rings (SSSR count). The van der Waals surface area contributed by atoms with Gasteiger partial charge in [-0.3, -0.25) is 14.4 Å². The molecule has 0 radical (unpaired) electrons. The predicted molar refractivity (Wildman–Crippen MR) is 135 cm³/mol. The minimum Gasteiger partial charge on any atom is -0.481 e. The van der Waals surface area contributed by atoms with Gasteiger partial charge in [-0.05, 0) is 47.4 Å². The predicted octanol–water partition coefficient (Wildman–Crippen LogP) is 5.92. The van der Waals surface area contributed by atoms with Crippen molar-refractivity contribution in [2.24, 2.45) is 5.92 Å². The van der Waals surface area contributed by atoms with E-state index in [9.17, 15) is 31.9 Å². The molecule has 0 fully saturated rings. The maximum absolute atomic E-state index is 14.1. The number of benzene rings is 3. The molecular formula is C29H26F4N2O4. The van der Waals surface area contributed by atoms with Crippen molar-refractivity contribution in [1.82, 2.24) is 4.90 Å². The highest BCUT2D eigenvalue weighted by atomic mass is 19.4. The topological polar surface area (TPSA) is 86.7 Å². The van der Waals surface area contributed by atoms with Gasteiger partial charge in [-0.2, -0.15) is 13.2 Å². The molecule has 3 aromatic rings. The van der Waals surface area contributed by atoms with E-state index in [1.165, 1.54) is 41.3 Å². The van der Waals surface area contributed by atoms with Crippen LogP contribution in [0.3, 0.4) is 0 Å². The molecule has 1 aliphatic rings. The van der Waals surface area contributed by atoms with Crippen molar-refractivity contribution in [3.63, 3.8) is 0 Å². The fraction of sp³-hybridized carbons (Fsp3) is 0.276. The molecular weight excluding hydrogens is 516 g/mol. The van der Waals surface area contributed by atoms with Gasteiger partial charge in [-0.1, -0.05) is 49.4 Å². The van der Waals surface area contributed by atoms with Gasteiger partial charge < -0.3 is 15.3 Å². The second-order valence-electron chi connectivity index (χ2n) is 9.56. The van der Waals surface area contributed by atoms with E-state index in [1.54, 1.807) is 30.3 Å². The van der Waals surface area contributed by atoms with Crippen LogP contribution < -0.4 is 5.32 Å². The van der Waals surface area contributed by atoms with Crippen molar-refractivity contribution >= 4 is 23.5 Å². The van der Waals surface area contributed by atoms with Crippen molar-refractivity contribution in [2.75, 3.05) is 5.32 Å². The SMILES string of the molecule is C[C@H]([C@H](C(=O)Nc1cccc(CCC(=O)O)c1)c1ccc(CN2Cc3c(F)cccc3C2=O)cc1)C(F)(F)F. The lowest BCUT2D eigenvalue weighted by Gasteiger charge is -2.26. The van der Waals surface area contributed by atoms with Crippen LogP contribution in [0.25, 0.3) is 0 Å². The molecule has 1 heterocycles. The van der Waals surface area contributed by atoms with Crippen LogP contribution in [0.2, 0.25) is 0 Å². The number of rotatable bonds is 9. The summed E-state index contributed by atoms with van der Waals surface area (Å²) in [6.45, 7) is 1.16. The van der Waals surface area contributed by atoms with Gasteiger partial charge in [0.05, 0.1) is 18.4 Å². The zero-order valence-corrected chi connectivity index (χ0v) is 21.0. The number of carboxylic acid groups (broad SMARTS) is 1. The third-order valence-corrected chi connectivity index (χ3v) is 6.82. The largest absolute Gasteiger partial charge is 0.481 e. The Morgan fingerprint density at radius 2 is 1.72 bits per heavy atom. The summed E-state index contributed by atoms with van der Waals surface area (Å²) in [5.74, 6) is -6.21. The number of amides is 2. The fourth-order valence-electron chi connectivity index (χ4n) is 4.66. The number of hydrogen-bond donors (Lipinski definition) is 2. The third-order valence-electron chi connectivity index (χ3n) is 6.82. The Morgan fingerprint density at radius 1 is 1.03 bits per heavy atom. The normalized spacial score (nSPS) is 14.6. The Labute approximate surface area is 222 Å². The monoisotopic (exact) mass is 542 g/mol. The summed E-state index contributed by atoms with van der Waals surface area (Å²) in [6.07, 6.45) is -4.57. The number of alkyl halides is 3. The van der Waals surface area contributed by atoms with Crippen LogP contribution in [0.5, 0.6) is 0 Å². The highest BCUT2D eigenvalue weighted by Gasteiger charge is 2.45. The van der Waals surface area contributed by atoms with Crippen molar-refractivity contribution in [2.45, 2.75) is 44.9 Å². The first-order valence-electron chi connectivity index (χ1n) is 12.3. The maximum atomic E-state index is 14.1. The number of anilines is 1. The lowest BCUT2D eigenvalue weighted by atomic mass is 9.85. The highest BCUT2D eigenvalue weighted by Crippen LogP contribution is 2.38. The minimum absolute atomic E-state index is 0.0876. The van der Waals surface area contributed by atoms with Crippen molar-refractivity contribution in [1.29, 1.82) is 0 Å². The number of nitrogens with one attached hydrogen (secondary N) is 1. The minimum atomic E-state index is -4.65. The van der Waals surface area contributed by atoms with Gasteiger partial charge in [-0.25, -0.2) is 4.39 Å². The number of carbonyl (C=O) groups is 3. The molecule has 3 aromatic carbocycles. The highest BCUT2D eigenvalue weighted by molar-refractivity contribution is 5.98. The van der Waals surface area contributed by atoms with Crippen molar-refractivity contribution in [3.05, 3.63) is 100 Å². The van der Waals surface area contributed by atoms with Crippen molar-refractivity contribution < 1.29 is 37.1 Å². The molecule has 1 aliphatic heterocycles. The Hall–Kier alpha value is -4.21. The van der Waals surface area contributed by atoms with Crippen LogP contribution in [0.1, 0.15) is 51.9 Å². The molecule has 2 N–H and O–H groups in total. The molecule has 0 saturated heterocycles. The molecule has 0 aromatic heterocycles. The average molecular weight is 543 g/mol. The van der Waals surface area contributed by atoms with E-state index < -0.39 is 35.7 Å². The van der Waals surface area contributed by atoms with Gasteiger partial charge in [0.25, 0.3) is 5.91 Å². The summed E-state index contributed by atoms with van der Waals surface area (Å²) in [7, 11) is 0. The Bertz CT molecular complexity index is 1390. The van der Waals surface area contributed by atoms with Crippen LogP contribution in [-0.4, -0.2) is 34.0 Å². The van der Waals surface area contributed by atoms with Crippen molar-refractivity contribution in [3.8, 4) is 0 Å². The molecule has 0 saturated carbocycles. The molecule has 0 spiro atoms. The maximum Gasteiger partial charge on any atom is 0.392 e. The standard InChI is InChI=1S/C29H26F4N2O4/c1-17(29(31,32)33)26(27(38)34-21-5-2-4-18(14-21)10-13-25(36)37)20-11-8-19(9-12-20)15-35-16-23-22(28(35)39)6-3-7-24(23)30/h2-9,11-12,14,17,26H,10,13,15-16H2,1H3,(H,34,38)(H,36,37)/t17-,26+/m1/s1. The van der Waals surface area contributed by atoms with Crippen LogP contribution in [0.15, 0.2) is 66.7 Å². The van der Waals surface area contributed by atoms with E-state index in [2.05, 4.69) is 5.32 Å². The molecule has 2 amide bonds. The number of halogens is 4. The average Bonchev–Trinajstić information content (AvgIpc) is 3.20. The summed E-state index contributed by atoms with van der Waals surface area (Å²) < 4.78 is 55.4. The van der Waals surface area contributed by atoms with Gasteiger partial charge >= 0.3 is 12.1 Å². The second kappa shape index (κ2) is 11.3. The lowest BCUT2D eigenvalue weighted by Crippen LogP contribution is -2.34. The van der Waals surface area contributed by atoms with E-state index in [0.717, 1.165) is 6.92 Å². The quantitative estimate of drug-likeness (QED) is 0.329. The van der Waals surface area contributed by atoms with Crippen LogP contribution >= 0.6 is 0 Å². The van der Waals surface area contributed by atoms with Gasteiger partial charge in [0.2, 0.25) is 5.91 Å². The van der Waals surface area contributed by atoms with Gasteiger partial charge in [-0.15, -0.1) is 0 Å². The summed E-state index contributed by atoms with van der Waals surface area (Å²) in [6, 6.07) is 16.6. The first kappa shape index (κ1) is 27.8. The zero-order chi connectivity index (χ0) is 28.3. The second-order valence-corrected chi connectivity index (χ2v) is 9.56. The number of aliphatic carboxylic acids is 1. The van der Waals surface area contributed by atoms with E-state index in [4.69, 9.17) is 5.11 Å². The van der Waals surface area contributed by atoms with Crippen LogP contribution in [-0.2, 0) is 29.1 Å². The molecule has 204 valence electrons. The lowest BCUT2D eigenvalue weighted by molar-refractivity contribution is -0.178. The Balaban J connectivity index is 1.52. The van der Waals surface area contributed by atoms with E-state index in [1.807, 2.05) is 0 Å². The molecule has 0 unspecified atom stereocenters. The number of carbonyl (C=O) groups excluding carboxylic acids is 2. The summed E-state index contributed by atoms with van der Waals surface area (Å²) in [4.78, 5) is 38.1. The van der Waals surface area contributed by atoms with Crippen LogP contribution in [0.4, 0.5) is 23.2 Å². The molecule has 39 heavy (non-hydrogen) atoms. The first-order chi connectivity index (χ1) is 18.4. The van der Waals surface area contributed by atoms with E-state index in [0.29, 0.717) is 16.7 Å². The number of aryl methyl sites for hydroxylation is 1. The van der Waals surface area contributed by atoms with E-state index >= 15 is 0 Å². The Kier molecular flexibility index (Phi) is 8.03. The summed E-state index contributed by atoms with van der Waals surface area (Å²) in [5, 5.41) is 11.4. The van der Waals surface area contributed by atoms with E-state index in [-0.39, 0.29) is 48.7 Å². The molecule has 0 bridgehead atoms. The number of hydrogen-bond acceptors (Lipinski definition) is 3. The van der Waals surface area contributed by atoms with Gasteiger partial charge in [0, 0.05) is 29.8 Å². The first-order valence-corrected chi connectivity index (χ1v) is 12.3. The molecule has 10 heteroatoms. The zero-order valence-electron chi connectivity index (χ0n) is 21.0. The third kappa shape index (κ3) is 6.45. The smallest absolute Gasteiger partial charge is 0.392 e. The molecule has 6 nitrogen and oxygen atoms in total. The molecule has 0 aliphatic carbocycles. The van der Waals surface area contributed by atoms with Crippen LogP contribution in [0, 0.1) is 11.7 Å². The summed E-state index contributed by atoms with van der Waals surface area (Å²) in [5.41, 5.74) is 2.24. The number of fused-ring (bicyclic) bond motifs is 1.